The van der Waals surface area contributed by atoms with Gasteiger partial charge in [-0.3, -0.25) is 4.68 Å². The SMILES string of the molecule is CC(C)CCC(O)Cc1ccn(C2CCCC2)n1. The van der Waals surface area contributed by atoms with E-state index in [-0.39, 0.29) is 6.10 Å². The van der Waals surface area contributed by atoms with Crippen LogP contribution in [0.5, 0.6) is 0 Å². The second-order valence-electron chi connectivity index (χ2n) is 6.05. The normalized spacial score (nSPS) is 18.7. The third-order valence-electron chi connectivity index (χ3n) is 3.88. The fraction of sp³-hybridized carbons (Fsp3) is 0.800. The Balaban J connectivity index is 1.82. The van der Waals surface area contributed by atoms with Crippen LogP contribution in [-0.4, -0.2) is 21.0 Å². The summed E-state index contributed by atoms with van der Waals surface area (Å²) in [5.74, 6) is 0.663. The summed E-state index contributed by atoms with van der Waals surface area (Å²) >= 11 is 0. The molecule has 3 heteroatoms. The molecular weight excluding hydrogens is 224 g/mol. The van der Waals surface area contributed by atoms with Crippen LogP contribution in [0.3, 0.4) is 0 Å². The van der Waals surface area contributed by atoms with E-state index < -0.39 is 0 Å². The van der Waals surface area contributed by atoms with Gasteiger partial charge in [0, 0.05) is 12.6 Å². The van der Waals surface area contributed by atoms with E-state index in [1.54, 1.807) is 0 Å². The van der Waals surface area contributed by atoms with Crippen molar-refractivity contribution in [1.29, 1.82) is 0 Å². The molecule has 1 atom stereocenters. The number of hydrogen-bond acceptors (Lipinski definition) is 2. The van der Waals surface area contributed by atoms with Crippen LogP contribution >= 0.6 is 0 Å². The Labute approximate surface area is 110 Å². The average molecular weight is 250 g/mol. The molecular formula is C15H26N2O. The summed E-state index contributed by atoms with van der Waals surface area (Å²) < 4.78 is 2.11. The summed E-state index contributed by atoms with van der Waals surface area (Å²) in [6.45, 7) is 4.39. The summed E-state index contributed by atoms with van der Waals surface area (Å²) in [7, 11) is 0. The molecule has 2 rings (SSSR count). The molecule has 1 saturated carbocycles. The largest absolute Gasteiger partial charge is 0.393 e. The summed E-state index contributed by atoms with van der Waals surface area (Å²) in [6.07, 6.45) is 9.70. The lowest BCUT2D eigenvalue weighted by atomic mass is 10.0. The van der Waals surface area contributed by atoms with E-state index in [0.717, 1.165) is 18.5 Å². The van der Waals surface area contributed by atoms with Crippen molar-refractivity contribution in [1.82, 2.24) is 9.78 Å². The third kappa shape index (κ3) is 3.84. The van der Waals surface area contributed by atoms with Crippen molar-refractivity contribution in [3.05, 3.63) is 18.0 Å². The first-order valence-electron chi connectivity index (χ1n) is 7.37. The highest BCUT2D eigenvalue weighted by molar-refractivity contribution is 5.01. The Morgan fingerprint density at radius 3 is 2.72 bits per heavy atom. The van der Waals surface area contributed by atoms with Crippen LogP contribution in [0.15, 0.2) is 12.3 Å². The van der Waals surface area contributed by atoms with Gasteiger partial charge >= 0.3 is 0 Å². The van der Waals surface area contributed by atoms with Gasteiger partial charge in [-0.15, -0.1) is 0 Å². The molecule has 1 aromatic heterocycles. The Kier molecular flexibility index (Phi) is 4.81. The van der Waals surface area contributed by atoms with Crippen molar-refractivity contribution in [2.75, 3.05) is 0 Å². The van der Waals surface area contributed by atoms with E-state index in [2.05, 4.69) is 35.9 Å². The van der Waals surface area contributed by atoms with E-state index in [1.165, 1.54) is 25.7 Å². The van der Waals surface area contributed by atoms with Gasteiger partial charge in [0.15, 0.2) is 0 Å². The van der Waals surface area contributed by atoms with Gasteiger partial charge < -0.3 is 5.11 Å². The molecule has 0 saturated heterocycles. The third-order valence-corrected chi connectivity index (χ3v) is 3.88. The minimum absolute atomic E-state index is 0.237. The fourth-order valence-corrected chi connectivity index (χ4v) is 2.73. The smallest absolute Gasteiger partial charge is 0.0650 e. The number of rotatable bonds is 6. The molecule has 102 valence electrons. The van der Waals surface area contributed by atoms with E-state index in [0.29, 0.717) is 18.4 Å². The molecule has 0 bridgehead atoms. The van der Waals surface area contributed by atoms with Crippen LogP contribution in [0.2, 0.25) is 0 Å². The maximum atomic E-state index is 9.98. The number of hydrogen-bond donors (Lipinski definition) is 1. The Morgan fingerprint density at radius 2 is 2.06 bits per heavy atom. The molecule has 18 heavy (non-hydrogen) atoms. The molecule has 1 heterocycles. The quantitative estimate of drug-likeness (QED) is 0.841. The van der Waals surface area contributed by atoms with Crippen LogP contribution in [-0.2, 0) is 6.42 Å². The maximum absolute atomic E-state index is 9.98. The topological polar surface area (TPSA) is 38.0 Å². The number of aliphatic hydroxyl groups is 1. The van der Waals surface area contributed by atoms with Crippen molar-refractivity contribution >= 4 is 0 Å². The molecule has 1 aromatic rings. The molecule has 1 unspecified atom stereocenters. The summed E-state index contributed by atoms with van der Waals surface area (Å²) in [6, 6.07) is 2.67. The van der Waals surface area contributed by atoms with Crippen molar-refractivity contribution in [2.24, 2.45) is 5.92 Å². The van der Waals surface area contributed by atoms with Crippen molar-refractivity contribution in [3.8, 4) is 0 Å². The molecule has 1 aliphatic carbocycles. The lowest BCUT2D eigenvalue weighted by Crippen LogP contribution is -2.13. The van der Waals surface area contributed by atoms with Crippen molar-refractivity contribution in [2.45, 2.75) is 70.9 Å². The predicted octanol–water partition coefficient (Wildman–Crippen LogP) is 3.34. The van der Waals surface area contributed by atoms with Crippen molar-refractivity contribution < 1.29 is 5.11 Å². The standard InChI is InChI=1S/C15H26N2O/c1-12(2)7-8-15(18)11-13-9-10-17(16-13)14-5-3-4-6-14/h9-10,12,14-15,18H,3-8,11H2,1-2H3. The maximum Gasteiger partial charge on any atom is 0.0650 e. The molecule has 0 aromatic carbocycles. The zero-order valence-corrected chi connectivity index (χ0v) is 11.7. The van der Waals surface area contributed by atoms with Crippen LogP contribution in [0.4, 0.5) is 0 Å². The van der Waals surface area contributed by atoms with Gasteiger partial charge in [-0.1, -0.05) is 26.7 Å². The number of nitrogens with zero attached hydrogens (tertiary/aromatic N) is 2. The molecule has 1 N–H and O–H groups in total. The van der Waals surface area contributed by atoms with E-state index >= 15 is 0 Å². The van der Waals surface area contributed by atoms with Gasteiger partial charge in [-0.2, -0.15) is 5.10 Å². The van der Waals surface area contributed by atoms with E-state index in [9.17, 15) is 5.11 Å². The van der Waals surface area contributed by atoms with Gasteiger partial charge in [0.05, 0.1) is 17.8 Å². The van der Waals surface area contributed by atoms with Gasteiger partial charge in [0.25, 0.3) is 0 Å². The second-order valence-corrected chi connectivity index (χ2v) is 6.05. The second kappa shape index (κ2) is 6.37. The first-order valence-corrected chi connectivity index (χ1v) is 7.37. The highest BCUT2D eigenvalue weighted by Crippen LogP contribution is 2.28. The lowest BCUT2D eigenvalue weighted by molar-refractivity contribution is 0.155. The first-order chi connectivity index (χ1) is 8.65. The lowest BCUT2D eigenvalue weighted by Gasteiger charge is -2.11. The molecule has 0 amide bonds. The van der Waals surface area contributed by atoms with Crippen LogP contribution in [0, 0.1) is 5.92 Å². The average Bonchev–Trinajstić information content (AvgIpc) is 2.95. The first kappa shape index (κ1) is 13.6. The van der Waals surface area contributed by atoms with E-state index in [1.807, 2.05) is 0 Å². The summed E-state index contributed by atoms with van der Waals surface area (Å²) in [4.78, 5) is 0. The van der Waals surface area contributed by atoms with Crippen LogP contribution < -0.4 is 0 Å². The van der Waals surface area contributed by atoms with Gasteiger partial charge in [-0.25, -0.2) is 0 Å². The van der Waals surface area contributed by atoms with Gasteiger partial charge in [0.2, 0.25) is 0 Å². The highest BCUT2D eigenvalue weighted by Gasteiger charge is 2.18. The molecule has 0 radical (unpaired) electrons. The van der Waals surface area contributed by atoms with Gasteiger partial charge in [0.1, 0.15) is 0 Å². The minimum atomic E-state index is -0.237. The minimum Gasteiger partial charge on any atom is -0.393 e. The van der Waals surface area contributed by atoms with Crippen molar-refractivity contribution in [3.63, 3.8) is 0 Å². The number of aliphatic hydroxyl groups excluding tert-OH is 1. The zero-order chi connectivity index (χ0) is 13.0. The molecule has 1 fully saturated rings. The summed E-state index contributed by atoms with van der Waals surface area (Å²) in [5.41, 5.74) is 1.04. The van der Waals surface area contributed by atoms with Crippen LogP contribution in [0.25, 0.3) is 0 Å². The summed E-state index contributed by atoms with van der Waals surface area (Å²) in [5, 5.41) is 14.6. The Bertz CT molecular complexity index is 353. The Morgan fingerprint density at radius 1 is 1.33 bits per heavy atom. The number of aromatic nitrogens is 2. The monoisotopic (exact) mass is 250 g/mol. The molecule has 1 aliphatic rings. The fourth-order valence-electron chi connectivity index (χ4n) is 2.73. The predicted molar refractivity (Wildman–Crippen MR) is 73.5 cm³/mol. The molecule has 0 spiro atoms. The Hall–Kier alpha value is -0.830. The molecule has 0 aliphatic heterocycles. The molecule has 3 nitrogen and oxygen atoms in total. The van der Waals surface area contributed by atoms with Crippen LogP contribution in [0.1, 0.15) is 64.1 Å². The van der Waals surface area contributed by atoms with E-state index in [4.69, 9.17) is 0 Å². The van der Waals surface area contributed by atoms with Gasteiger partial charge in [-0.05, 0) is 37.7 Å². The highest BCUT2D eigenvalue weighted by atomic mass is 16.3. The zero-order valence-electron chi connectivity index (χ0n) is 11.7.